The van der Waals surface area contributed by atoms with Crippen LogP contribution in [0.3, 0.4) is 0 Å². The molecule has 3 rings (SSSR count). The molecule has 0 spiro atoms. The monoisotopic (exact) mass is 358 g/mol. The number of rotatable bonds is 5. The first kappa shape index (κ1) is 18.7. The van der Waals surface area contributed by atoms with Crippen molar-refractivity contribution in [2.75, 3.05) is 0 Å². The minimum atomic E-state index is -0.777. The Labute approximate surface area is 155 Å². The zero-order valence-electron chi connectivity index (χ0n) is 15.3. The number of benzene rings is 1. The van der Waals surface area contributed by atoms with Gasteiger partial charge < -0.3 is 21.7 Å². The van der Waals surface area contributed by atoms with Crippen LogP contribution in [0.5, 0.6) is 0 Å². The summed E-state index contributed by atoms with van der Waals surface area (Å²) in [6.45, 7) is 0.449. The standard InChI is InChI=1S/C20H30N4O2/c21-16-8-10-17(11-9-16)23-18(25)20(12-4-5-13-20)24-19(26)22-14-15-6-2-1-3-7-15/h1-3,6-7,16-17H,4-5,8-14,21H2,(H,23,25)(H2,22,24,26). The fourth-order valence-electron chi connectivity index (χ4n) is 4.01. The Hall–Kier alpha value is -2.08. The maximum Gasteiger partial charge on any atom is 0.315 e. The number of urea groups is 1. The van der Waals surface area contributed by atoms with Gasteiger partial charge in [0.15, 0.2) is 0 Å². The topological polar surface area (TPSA) is 96.2 Å². The smallest absolute Gasteiger partial charge is 0.315 e. The Morgan fingerprint density at radius 1 is 1.04 bits per heavy atom. The van der Waals surface area contributed by atoms with E-state index in [9.17, 15) is 9.59 Å². The molecule has 0 radical (unpaired) electrons. The summed E-state index contributed by atoms with van der Waals surface area (Å²) in [6.07, 6.45) is 7.05. The highest BCUT2D eigenvalue weighted by Gasteiger charge is 2.43. The summed E-state index contributed by atoms with van der Waals surface area (Å²) < 4.78 is 0. The lowest BCUT2D eigenvalue weighted by Gasteiger charge is -2.33. The first-order chi connectivity index (χ1) is 12.6. The summed E-state index contributed by atoms with van der Waals surface area (Å²) in [7, 11) is 0. The average molecular weight is 358 g/mol. The molecule has 0 aliphatic heterocycles. The number of carbonyl (C=O) groups excluding carboxylic acids is 2. The average Bonchev–Trinajstić information content (AvgIpc) is 3.12. The number of carbonyl (C=O) groups is 2. The SMILES string of the molecule is NC1CCC(NC(=O)C2(NC(=O)NCc3ccccc3)CCCC2)CC1. The van der Waals surface area contributed by atoms with E-state index in [0.29, 0.717) is 19.4 Å². The van der Waals surface area contributed by atoms with Gasteiger partial charge in [-0.25, -0.2) is 4.79 Å². The highest BCUT2D eigenvalue weighted by Crippen LogP contribution is 2.30. The molecule has 2 aliphatic rings. The second kappa shape index (κ2) is 8.54. The van der Waals surface area contributed by atoms with Crippen molar-refractivity contribution in [3.8, 4) is 0 Å². The zero-order chi connectivity index (χ0) is 18.4. The molecule has 0 aromatic heterocycles. The Morgan fingerprint density at radius 3 is 2.35 bits per heavy atom. The van der Waals surface area contributed by atoms with Crippen molar-refractivity contribution < 1.29 is 9.59 Å². The van der Waals surface area contributed by atoms with Crippen LogP contribution >= 0.6 is 0 Å². The van der Waals surface area contributed by atoms with E-state index in [2.05, 4.69) is 16.0 Å². The van der Waals surface area contributed by atoms with Gasteiger partial charge in [0, 0.05) is 18.6 Å². The molecule has 6 nitrogen and oxygen atoms in total. The second-order valence-electron chi connectivity index (χ2n) is 7.67. The summed E-state index contributed by atoms with van der Waals surface area (Å²) in [4.78, 5) is 25.3. The van der Waals surface area contributed by atoms with Crippen LogP contribution < -0.4 is 21.7 Å². The van der Waals surface area contributed by atoms with Crippen molar-refractivity contribution in [3.63, 3.8) is 0 Å². The van der Waals surface area contributed by atoms with Gasteiger partial charge in [0.2, 0.25) is 5.91 Å². The van der Waals surface area contributed by atoms with E-state index in [-0.39, 0.29) is 24.0 Å². The molecule has 142 valence electrons. The summed E-state index contributed by atoms with van der Waals surface area (Å²) in [5, 5.41) is 9.01. The number of hydrogen-bond donors (Lipinski definition) is 4. The van der Waals surface area contributed by atoms with Crippen molar-refractivity contribution in [2.45, 2.75) is 75.5 Å². The summed E-state index contributed by atoms with van der Waals surface area (Å²) >= 11 is 0. The zero-order valence-corrected chi connectivity index (χ0v) is 15.3. The van der Waals surface area contributed by atoms with Crippen molar-refractivity contribution in [2.24, 2.45) is 5.73 Å². The van der Waals surface area contributed by atoms with Crippen molar-refractivity contribution >= 4 is 11.9 Å². The lowest BCUT2D eigenvalue weighted by atomic mass is 9.90. The summed E-state index contributed by atoms with van der Waals surface area (Å²) in [5.41, 5.74) is 6.20. The van der Waals surface area contributed by atoms with Crippen LogP contribution in [0, 0.1) is 0 Å². The van der Waals surface area contributed by atoms with E-state index in [4.69, 9.17) is 5.73 Å². The van der Waals surface area contributed by atoms with E-state index in [0.717, 1.165) is 44.1 Å². The van der Waals surface area contributed by atoms with Gasteiger partial charge in [0.1, 0.15) is 5.54 Å². The molecule has 3 amide bonds. The molecule has 2 aliphatic carbocycles. The fraction of sp³-hybridized carbons (Fsp3) is 0.600. The molecule has 0 unspecified atom stereocenters. The predicted molar refractivity (Wildman–Crippen MR) is 101 cm³/mol. The molecular weight excluding hydrogens is 328 g/mol. The molecule has 2 saturated carbocycles. The van der Waals surface area contributed by atoms with Gasteiger partial charge in [-0.2, -0.15) is 0 Å². The minimum absolute atomic E-state index is 0.0367. The van der Waals surface area contributed by atoms with Gasteiger partial charge >= 0.3 is 6.03 Å². The number of amides is 3. The first-order valence-corrected chi connectivity index (χ1v) is 9.74. The van der Waals surface area contributed by atoms with Crippen molar-refractivity contribution in [1.82, 2.24) is 16.0 Å². The van der Waals surface area contributed by atoms with Gasteiger partial charge in [0.25, 0.3) is 0 Å². The number of nitrogens with one attached hydrogen (secondary N) is 3. The van der Waals surface area contributed by atoms with Crippen LogP contribution in [0.25, 0.3) is 0 Å². The third-order valence-corrected chi connectivity index (χ3v) is 5.65. The Kier molecular flexibility index (Phi) is 6.14. The largest absolute Gasteiger partial charge is 0.351 e. The molecule has 5 N–H and O–H groups in total. The molecule has 2 fully saturated rings. The number of hydrogen-bond acceptors (Lipinski definition) is 3. The van der Waals surface area contributed by atoms with Crippen LogP contribution in [-0.2, 0) is 11.3 Å². The summed E-state index contributed by atoms with van der Waals surface area (Å²) in [5.74, 6) is -0.0367. The van der Waals surface area contributed by atoms with Gasteiger partial charge in [-0.1, -0.05) is 43.2 Å². The minimum Gasteiger partial charge on any atom is -0.351 e. The normalized spacial score (nSPS) is 24.7. The van der Waals surface area contributed by atoms with Crippen LogP contribution in [0.15, 0.2) is 30.3 Å². The molecule has 1 aromatic rings. The molecule has 0 atom stereocenters. The first-order valence-electron chi connectivity index (χ1n) is 9.74. The Balaban J connectivity index is 1.54. The molecular formula is C20H30N4O2. The predicted octanol–water partition coefficient (Wildman–Crippen LogP) is 2.18. The molecule has 26 heavy (non-hydrogen) atoms. The van der Waals surface area contributed by atoms with E-state index in [1.54, 1.807) is 0 Å². The van der Waals surface area contributed by atoms with Gasteiger partial charge in [-0.15, -0.1) is 0 Å². The molecule has 0 saturated heterocycles. The van der Waals surface area contributed by atoms with E-state index >= 15 is 0 Å². The van der Waals surface area contributed by atoms with Crippen LogP contribution in [0.1, 0.15) is 56.9 Å². The van der Waals surface area contributed by atoms with Crippen molar-refractivity contribution in [1.29, 1.82) is 0 Å². The lowest BCUT2D eigenvalue weighted by Crippen LogP contribution is -2.60. The van der Waals surface area contributed by atoms with E-state index < -0.39 is 5.54 Å². The lowest BCUT2D eigenvalue weighted by molar-refractivity contribution is -0.128. The number of nitrogens with two attached hydrogens (primary N) is 1. The molecule has 6 heteroatoms. The van der Waals surface area contributed by atoms with Crippen LogP contribution in [0.4, 0.5) is 4.79 Å². The van der Waals surface area contributed by atoms with Crippen LogP contribution in [-0.4, -0.2) is 29.6 Å². The fourth-order valence-corrected chi connectivity index (χ4v) is 4.01. The maximum absolute atomic E-state index is 12.9. The molecule has 0 heterocycles. The second-order valence-corrected chi connectivity index (χ2v) is 7.67. The third-order valence-electron chi connectivity index (χ3n) is 5.65. The summed E-state index contributed by atoms with van der Waals surface area (Å²) in [6, 6.07) is 9.90. The molecule has 1 aromatic carbocycles. The molecule has 0 bridgehead atoms. The van der Waals surface area contributed by atoms with E-state index in [1.807, 2.05) is 30.3 Å². The highest BCUT2D eigenvalue weighted by atomic mass is 16.2. The van der Waals surface area contributed by atoms with Gasteiger partial charge in [0.05, 0.1) is 0 Å². The van der Waals surface area contributed by atoms with E-state index in [1.165, 1.54) is 0 Å². The Morgan fingerprint density at radius 2 is 1.69 bits per heavy atom. The van der Waals surface area contributed by atoms with Crippen molar-refractivity contribution in [3.05, 3.63) is 35.9 Å². The van der Waals surface area contributed by atoms with Crippen LogP contribution in [0.2, 0.25) is 0 Å². The quantitative estimate of drug-likeness (QED) is 0.649. The highest BCUT2D eigenvalue weighted by molar-refractivity contribution is 5.91. The van der Waals surface area contributed by atoms with Gasteiger partial charge in [-0.05, 0) is 44.1 Å². The Bertz CT molecular complexity index is 605. The van der Waals surface area contributed by atoms with Gasteiger partial charge in [-0.3, -0.25) is 4.79 Å². The maximum atomic E-state index is 12.9. The third kappa shape index (κ3) is 4.75.